The summed E-state index contributed by atoms with van der Waals surface area (Å²) in [5.41, 5.74) is 1.84. The molecule has 0 saturated heterocycles. The van der Waals surface area contributed by atoms with E-state index in [2.05, 4.69) is 16.3 Å². The molecule has 5 nitrogen and oxygen atoms in total. The highest BCUT2D eigenvalue weighted by molar-refractivity contribution is 7.98. The largest absolute Gasteiger partial charge is 0.383 e. The van der Waals surface area contributed by atoms with Crippen molar-refractivity contribution in [3.05, 3.63) is 41.7 Å². The van der Waals surface area contributed by atoms with Crippen molar-refractivity contribution < 1.29 is 4.74 Å². The first kappa shape index (κ1) is 13.6. The number of benzene rings is 1. The molecule has 0 aliphatic carbocycles. The number of thioether (sulfide) groups is 1. The van der Waals surface area contributed by atoms with Crippen molar-refractivity contribution in [3.8, 4) is 6.07 Å². The van der Waals surface area contributed by atoms with Gasteiger partial charge in [-0.1, -0.05) is 23.9 Å². The third kappa shape index (κ3) is 3.81. The highest BCUT2D eigenvalue weighted by Crippen LogP contribution is 2.20. The first-order valence-electron chi connectivity index (χ1n) is 5.82. The normalized spacial score (nSPS) is 10.3. The topological polar surface area (TPSA) is 63.7 Å². The number of aromatic nitrogens is 3. The molecule has 0 unspecified atom stereocenters. The Morgan fingerprint density at radius 1 is 1.37 bits per heavy atom. The average molecular weight is 274 g/mol. The Hall–Kier alpha value is -1.84. The zero-order valence-corrected chi connectivity index (χ0v) is 11.4. The van der Waals surface area contributed by atoms with E-state index >= 15 is 0 Å². The lowest BCUT2D eigenvalue weighted by Crippen LogP contribution is -2.04. The van der Waals surface area contributed by atoms with Gasteiger partial charge in [-0.2, -0.15) is 5.26 Å². The predicted molar refractivity (Wildman–Crippen MR) is 72.6 cm³/mol. The maximum Gasteiger partial charge on any atom is 0.191 e. The van der Waals surface area contributed by atoms with E-state index in [4.69, 9.17) is 10.00 Å². The molecule has 2 aromatic rings. The van der Waals surface area contributed by atoms with E-state index in [-0.39, 0.29) is 0 Å². The fraction of sp³-hybridized carbons (Fsp3) is 0.308. The summed E-state index contributed by atoms with van der Waals surface area (Å²) >= 11 is 1.62. The van der Waals surface area contributed by atoms with Gasteiger partial charge in [0, 0.05) is 19.4 Å². The van der Waals surface area contributed by atoms with Crippen LogP contribution in [0.4, 0.5) is 0 Å². The monoisotopic (exact) mass is 274 g/mol. The van der Waals surface area contributed by atoms with E-state index < -0.39 is 0 Å². The molecule has 1 aromatic carbocycles. The SMILES string of the molecule is COCCn1cnnc1SCc1ccc(C#N)cc1. The van der Waals surface area contributed by atoms with Crippen LogP contribution in [0.2, 0.25) is 0 Å². The van der Waals surface area contributed by atoms with Gasteiger partial charge in [0.2, 0.25) is 0 Å². The minimum atomic E-state index is 0.641. The first-order chi connectivity index (χ1) is 9.33. The summed E-state index contributed by atoms with van der Waals surface area (Å²) < 4.78 is 7.01. The van der Waals surface area contributed by atoms with E-state index in [1.54, 1.807) is 25.2 Å². The van der Waals surface area contributed by atoms with Crippen molar-refractivity contribution in [2.75, 3.05) is 13.7 Å². The number of rotatable bonds is 6. The molecule has 0 aliphatic heterocycles. The molecular weight excluding hydrogens is 260 g/mol. The molecule has 0 bridgehead atoms. The molecule has 0 atom stereocenters. The van der Waals surface area contributed by atoms with Gasteiger partial charge in [-0.05, 0) is 17.7 Å². The summed E-state index contributed by atoms with van der Waals surface area (Å²) in [6.45, 7) is 1.39. The van der Waals surface area contributed by atoms with Crippen molar-refractivity contribution in [2.24, 2.45) is 0 Å². The summed E-state index contributed by atoms with van der Waals surface area (Å²) in [4.78, 5) is 0. The van der Waals surface area contributed by atoms with Crippen LogP contribution in [0.3, 0.4) is 0 Å². The standard InChI is InChI=1S/C13H14N4OS/c1-18-7-6-17-10-15-16-13(17)19-9-12-4-2-11(8-14)3-5-12/h2-5,10H,6-7,9H2,1H3. The van der Waals surface area contributed by atoms with Crippen molar-refractivity contribution in [2.45, 2.75) is 17.5 Å². The third-order valence-corrected chi connectivity index (χ3v) is 3.62. The quantitative estimate of drug-likeness (QED) is 0.755. The molecule has 0 fully saturated rings. The summed E-state index contributed by atoms with van der Waals surface area (Å²) in [5.74, 6) is 0.803. The predicted octanol–water partition coefficient (Wildman–Crippen LogP) is 2.09. The summed E-state index contributed by atoms with van der Waals surface area (Å²) in [5, 5.41) is 17.6. The van der Waals surface area contributed by atoms with E-state index in [0.29, 0.717) is 12.2 Å². The van der Waals surface area contributed by atoms with Crippen molar-refractivity contribution in [3.63, 3.8) is 0 Å². The van der Waals surface area contributed by atoms with Gasteiger partial charge in [0.15, 0.2) is 5.16 Å². The van der Waals surface area contributed by atoms with Crippen LogP contribution < -0.4 is 0 Å². The van der Waals surface area contributed by atoms with Gasteiger partial charge < -0.3 is 9.30 Å². The second-order valence-electron chi connectivity index (χ2n) is 3.90. The van der Waals surface area contributed by atoms with E-state index in [1.165, 1.54) is 0 Å². The average Bonchev–Trinajstić information content (AvgIpc) is 2.91. The van der Waals surface area contributed by atoms with Crippen molar-refractivity contribution in [1.29, 1.82) is 5.26 Å². The highest BCUT2D eigenvalue weighted by atomic mass is 32.2. The van der Waals surface area contributed by atoms with Crippen LogP contribution in [-0.2, 0) is 17.0 Å². The van der Waals surface area contributed by atoms with E-state index in [0.717, 1.165) is 23.0 Å². The molecule has 0 radical (unpaired) electrons. The van der Waals surface area contributed by atoms with Crippen molar-refractivity contribution >= 4 is 11.8 Å². The van der Waals surface area contributed by atoms with E-state index in [9.17, 15) is 0 Å². The molecule has 19 heavy (non-hydrogen) atoms. The minimum Gasteiger partial charge on any atom is -0.383 e. The molecule has 98 valence electrons. The molecular formula is C13H14N4OS. The number of methoxy groups -OCH3 is 1. The lowest BCUT2D eigenvalue weighted by atomic mass is 10.2. The van der Waals surface area contributed by atoms with Crippen LogP contribution >= 0.6 is 11.8 Å². The Labute approximate surface area is 116 Å². The molecule has 1 aromatic heterocycles. The van der Waals surface area contributed by atoms with Gasteiger partial charge in [0.05, 0.1) is 18.2 Å². The number of hydrogen-bond acceptors (Lipinski definition) is 5. The van der Waals surface area contributed by atoms with Crippen LogP contribution in [-0.4, -0.2) is 28.5 Å². The lowest BCUT2D eigenvalue weighted by molar-refractivity contribution is 0.184. The molecule has 0 amide bonds. The highest BCUT2D eigenvalue weighted by Gasteiger charge is 2.05. The van der Waals surface area contributed by atoms with Crippen LogP contribution in [0.15, 0.2) is 35.7 Å². The molecule has 0 saturated carbocycles. The zero-order chi connectivity index (χ0) is 13.5. The van der Waals surface area contributed by atoms with Gasteiger partial charge >= 0.3 is 0 Å². The molecule has 2 rings (SSSR count). The van der Waals surface area contributed by atoms with Gasteiger partial charge in [0.25, 0.3) is 0 Å². The van der Waals surface area contributed by atoms with Gasteiger partial charge in [0.1, 0.15) is 6.33 Å². The molecule has 0 spiro atoms. The smallest absolute Gasteiger partial charge is 0.191 e. The Balaban J connectivity index is 1.94. The molecule has 6 heteroatoms. The van der Waals surface area contributed by atoms with Crippen LogP contribution in [0.25, 0.3) is 0 Å². The van der Waals surface area contributed by atoms with Crippen LogP contribution in [0.1, 0.15) is 11.1 Å². The van der Waals surface area contributed by atoms with Gasteiger partial charge in [-0.3, -0.25) is 0 Å². The Kier molecular flexibility index (Phi) is 4.95. The Morgan fingerprint density at radius 3 is 2.84 bits per heavy atom. The third-order valence-electron chi connectivity index (χ3n) is 2.57. The maximum atomic E-state index is 8.74. The van der Waals surface area contributed by atoms with Gasteiger partial charge in [-0.25, -0.2) is 0 Å². The van der Waals surface area contributed by atoms with E-state index in [1.807, 2.05) is 28.8 Å². The number of hydrogen-bond donors (Lipinski definition) is 0. The van der Waals surface area contributed by atoms with Crippen LogP contribution in [0.5, 0.6) is 0 Å². The Bertz CT molecular complexity index is 559. The maximum absolute atomic E-state index is 8.74. The van der Waals surface area contributed by atoms with Crippen molar-refractivity contribution in [1.82, 2.24) is 14.8 Å². The Morgan fingerprint density at radius 2 is 2.16 bits per heavy atom. The first-order valence-corrected chi connectivity index (χ1v) is 6.80. The fourth-order valence-electron chi connectivity index (χ4n) is 1.52. The fourth-order valence-corrected chi connectivity index (χ4v) is 2.42. The zero-order valence-electron chi connectivity index (χ0n) is 10.6. The molecule has 1 heterocycles. The number of ether oxygens (including phenoxy) is 1. The van der Waals surface area contributed by atoms with Gasteiger partial charge in [-0.15, -0.1) is 10.2 Å². The number of nitriles is 1. The summed E-state index contributed by atoms with van der Waals surface area (Å²) in [7, 11) is 1.67. The summed E-state index contributed by atoms with van der Waals surface area (Å²) in [6.07, 6.45) is 1.71. The molecule has 0 N–H and O–H groups in total. The molecule has 0 aliphatic rings. The minimum absolute atomic E-state index is 0.641. The lowest BCUT2D eigenvalue weighted by Gasteiger charge is -2.05. The van der Waals surface area contributed by atoms with Crippen LogP contribution in [0, 0.1) is 11.3 Å². The summed E-state index contributed by atoms with van der Waals surface area (Å²) in [6, 6.07) is 9.68. The number of nitrogens with zero attached hydrogens (tertiary/aromatic N) is 4. The second-order valence-corrected chi connectivity index (χ2v) is 4.84. The second kappa shape index (κ2) is 6.92.